The number of aromatic amines is 1. The minimum atomic E-state index is -3.38. The van der Waals surface area contributed by atoms with Gasteiger partial charge >= 0.3 is 0 Å². The summed E-state index contributed by atoms with van der Waals surface area (Å²) in [6.07, 6.45) is 4.93. The minimum absolute atomic E-state index is 0.0802. The van der Waals surface area contributed by atoms with Gasteiger partial charge in [0.15, 0.2) is 0 Å². The number of nitrogens with one attached hydrogen (secondary N) is 2. The maximum Gasteiger partial charge on any atom is 0.244 e. The smallest absolute Gasteiger partial charge is 0.244 e. The van der Waals surface area contributed by atoms with Crippen LogP contribution >= 0.6 is 0 Å². The molecule has 1 fully saturated rings. The van der Waals surface area contributed by atoms with Gasteiger partial charge in [-0.3, -0.25) is 0 Å². The van der Waals surface area contributed by atoms with E-state index in [0.717, 1.165) is 31.5 Å². The van der Waals surface area contributed by atoms with E-state index in [2.05, 4.69) is 17.2 Å². The largest absolute Gasteiger partial charge is 0.363 e. The summed E-state index contributed by atoms with van der Waals surface area (Å²) in [4.78, 5) is 3.40. The van der Waals surface area contributed by atoms with Crippen LogP contribution in [0.25, 0.3) is 0 Å². The Morgan fingerprint density at radius 1 is 1.50 bits per heavy atom. The quantitative estimate of drug-likeness (QED) is 0.721. The Morgan fingerprint density at radius 2 is 2.20 bits per heavy atom. The zero-order valence-corrected chi connectivity index (χ0v) is 13.3. The maximum absolute atomic E-state index is 12.5. The van der Waals surface area contributed by atoms with Gasteiger partial charge in [-0.25, -0.2) is 8.42 Å². The van der Waals surface area contributed by atoms with Gasteiger partial charge in [0.05, 0.1) is 4.90 Å². The Bertz CT molecular complexity index is 534. The van der Waals surface area contributed by atoms with Gasteiger partial charge in [-0.05, 0) is 44.7 Å². The van der Waals surface area contributed by atoms with E-state index in [0.29, 0.717) is 17.4 Å². The Balaban J connectivity index is 2.05. The first-order valence-electron chi connectivity index (χ1n) is 7.33. The van der Waals surface area contributed by atoms with Crippen LogP contribution in [0.1, 0.15) is 38.8 Å². The normalized spacial score (nSPS) is 17.6. The molecule has 0 bridgehead atoms. The van der Waals surface area contributed by atoms with Crippen molar-refractivity contribution in [1.82, 2.24) is 14.6 Å². The number of nitrogens with zero attached hydrogens (tertiary/aromatic N) is 1. The first-order chi connectivity index (χ1) is 9.46. The molecule has 1 aliphatic rings. The second kappa shape index (κ2) is 6.28. The van der Waals surface area contributed by atoms with Gasteiger partial charge in [-0.2, -0.15) is 4.31 Å². The van der Waals surface area contributed by atoms with Crippen molar-refractivity contribution in [2.75, 3.05) is 13.6 Å². The van der Waals surface area contributed by atoms with Crippen molar-refractivity contribution in [3.8, 4) is 0 Å². The van der Waals surface area contributed by atoms with Crippen LogP contribution in [0.5, 0.6) is 0 Å². The van der Waals surface area contributed by atoms with E-state index >= 15 is 0 Å². The lowest BCUT2D eigenvalue weighted by Gasteiger charge is -2.23. The second-order valence-electron chi connectivity index (χ2n) is 5.64. The number of H-pyrrole nitrogens is 1. The van der Waals surface area contributed by atoms with E-state index in [9.17, 15) is 8.42 Å². The highest BCUT2D eigenvalue weighted by molar-refractivity contribution is 7.89. The molecule has 0 aromatic carbocycles. The summed E-state index contributed by atoms with van der Waals surface area (Å²) >= 11 is 0. The van der Waals surface area contributed by atoms with Gasteiger partial charge in [0, 0.05) is 31.5 Å². The van der Waals surface area contributed by atoms with E-state index in [-0.39, 0.29) is 6.04 Å². The predicted molar refractivity (Wildman–Crippen MR) is 79.9 cm³/mol. The third-order valence-electron chi connectivity index (χ3n) is 4.01. The van der Waals surface area contributed by atoms with E-state index < -0.39 is 10.0 Å². The Labute approximate surface area is 121 Å². The Kier molecular flexibility index (Phi) is 4.88. The molecule has 1 aliphatic carbocycles. The summed E-state index contributed by atoms with van der Waals surface area (Å²) in [7, 11) is -1.70. The maximum atomic E-state index is 12.5. The van der Waals surface area contributed by atoms with Crippen molar-refractivity contribution in [2.45, 2.75) is 50.6 Å². The van der Waals surface area contributed by atoms with Gasteiger partial charge in [-0.1, -0.05) is 6.92 Å². The Morgan fingerprint density at radius 3 is 2.80 bits per heavy atom. The highest BCUT2D eigenvalue weighted by Crippen LogP contribution is 2.36. The molecule has 1 saturated carbocycles. The van der Waals surface area contributed by atoms with Crippen LogP contribution in [0.3, 0.4) is 0 Å². The molecule has 2 rings (SSSR count). The molecule has 2 N–H and O–H groups in total. The molecular formula is C14H25N3O2S. The van der Waals surface area contributed by atoms with Crippen molar-refractivity contribution in [2.24, 2.45) is 5.92 Å². The molecule has 20 heavy (non-hydrogen) atoms. The summed E-state index contributed by atoms with van der Waals surface area (Å²) in [6.45, 7) is 5.70. The van der Waals surface area contributed by atoms with Crippen molar-refractivity contribution in [3.05, 3.63) is 18.0 Å². The molecule has 114 valence electrons. The lowest BCUT2D eigenvalue weighted by molar-refractivity contribution is 0.357. The van der Waals surface area contributed by atoms with E-state index in [1.807, 2.05) is 6.92 Å². The summed E-state index contributed by atoms with van der Waals surface area (Å²) in [6, 6.07) is 1.81. The van der Waals surface area contributed by atoms with Crippen molar-refractivity contribution >= 4 is 10.0 Å². The molecule has 0 aliphatic heterocycles. The highest BCUT2D eigenvalue weighted by Gasteiger charge is 2.36. The van der Waals surface area contributed by atoms with E-state index in [1.165, 1.54) is 4.31 Å². The lowest BCUT2D eigenvalue weighted by Crippen LogP contribution is -2.36. The molecule has 1 atom stereocenters. The van der Waals surface area contributed by atoms with Gasteiger partial charge in [0.1, 0.15) is 0 Å². The molecule has 1 aromatic heterocycles. The van der Waals surface area contributed by atoms with Crippen LogP contribution in [0.4, 0.5) is 0 Å². The monoisotopic (exact) mass is 299 g/mol. The van der Waals surface area contributed by atoms with Crippen LogP contribution in [0.15, 0.2) is 17.2 Å². The fourth-order valence-electron chi connectivity index (χ4n) is 2.33. The third kappa shape index (κ3) is 3.42. The number of hydrogen-bond acceptors (Lipinski definition) is 3. The zero-order chi connectivity index (χ0) is 14.8. The molecule has 0 spiro atoms. The number of aromatic nitrogens is 1. The average Bonchev–Trinajstić information content (AvgIpc) is 3.16. The van der Waals surface area contributed by atoms with Crippen LogP contribution < -0.4 is 5.32 Å². The molecule has 5 nitrogen and oxygen atoms in total. The molecule has 1 aromatic rings. The van der Waals surface area contributed by atoms with Crippen molar-refractivity contribution in [3.63, 3.8) is 0 Å². The van der Waals surface area contributed by atoms with Crippen LogP contribution in [-0.2, 0) is 16.6 Å². The summed E-state index contributed by atoms with van der Waals surface area (Å²) in [5, 5.41) is 3.26. The number of hydrogen-bond donors (Lipinski definition) is 2. The average molecular weight is 299 g/mol. The van der Waals surface area contributed by atoms with Crippen molar-refractivity contribution in [1.29, 1.82) is 0 Å². The molecule has 1 unspecified atom stereocenters. The van der Waals surface area contributed by atoms with Gasteiger partial charge in [0.25, 0.3) is 0 Å². The van der Waals surface area contributed by atoms with Gasteiger partial charge in [0.2, 0.25) is 10.0 Å². The molecule has 0 amide bonds. The summed E-state index contributed by atoms with van der Waals surface area (Å²) in [5.41, 5.74) is 0.907. The van der Waals surface area contributed by atoms with Gasteiger partial charge < -0.3 is 10.3 Å². The SMILES string of the molecule is CCCNCc1cc(S(=O)(=O)N(C)C(C)C2CC2)c[nH]1. The van der Waals surface area contributed by atoms with Crippen molar-refractivity contribution < 1.29 is 8.42 Å². The summed E-state index contributed by atoms with van der Waals surface area (Å²) in [5.74, 6) is 0.527. The fraction of sp³-hybridized carbons (Fsp3) is 0.714. The number of sulfonamides is 1. The first kappa shape index (κ1) is 15.5. The topological polar surface area (TPSA) is 65.2 Å². The second-order valence-corrected chi connectivity index (χ2v) is 7.63. The fourth-order valence-corrected chi connectivity index (χ4v) is 3.77. The van der Waals surface area contributed by atoms with Gasteiger partial charge in [-0.15, -0.1) is 0 Å². The molecule has 6 heteroatoms. The number of rotatable bonds is 8. The third-order valence-corrected chi connectivity index (χ3v) is 5.94. The summed E-state index contributed by atoms with van der Waals surface area (Å²) < 4.78 is 26.6. The molecule has 1 heterocycles. The minimum Gasteiger partial charge on any atom is -0.363 e. The van der Waals surface area contributed by atoms with Crippen LogP contribution in [0, 0.1) is 5.92 Å². The predicted octanol–water partition coefficient (Wildman–Crippen LogP) is 1.93. The molecule has 0 radical (unpaired) electrons. The van der Waals surface area contributed by atoms with E-state index in [4.69, 9.17) is 0 Å². The highest BCUT2D eigenvalue weighted by atomic mass is 32.2. The van der Waals surface area contributed by atoms with Crippen LogP contribution in [0.2, 0.25) is 0 Å². The van der Waals surface area contributed by atoms with Crippen LogP contribution in [-0.4, -0.2) is 37.3 Å². The van der Waals surface area contributed by atoms with E-state index in [1.54, 1.807) is 19.3 Å². The molecular weight excluding hydrogens is 274 g/mol. The zero-order valence-electron chi connectivity index (χ0n) is 12.5. The standard InChI is InChI=1S/C14H25N3O2S/c1-4-7-15-9-13-8-14(10-16-13)20(18,19)17(3)11(2)12-5-6-12/h8,10-12,15-16H,4-7,9H2,1-3H3. The molecule has 0 saturated heterocycles. The first-order valence-corrected chi connectivity index (χ1v) is 8.77. The Hall–Kier alpha value is -0.850. The lowest BCUT2D eigenvalue weighted by atomic mass is 10.2.